The molecule has 0 saturated carbocycles. The van der Waals surface area contributed by atoms with Crippen LogP contribution in [-0.4, -0.2) is 32.8 Å². The molecular formula is C13H22N4O. The predicted octanol–water partition coefficient (Wildman–Crippen LogP) is 0.845. The van der Waals surface area contributed by atoms with Crippen LogP contribution < -0.4 is 16.6 Å². The SMILES string of the molecule is COCCNC(=NCC(C)c1ccccc1)NN. The van der Waals surface area contributed by atoms with Crippen molar-refractivity contribution in [3.05, 3.63) is 35.9 Å². The highest BCUT2D eigenvalue weighted by molar-refractivity contribution is 5.79. The predicted molar refractivity (Wildman–Crippen MR) is 74.4 cm³/mol. The summed E-state index contributed by atoms with van der Waals surface area (Å²) in [6.45, 7) is 4.12. The summed E-state index contributed by atoms with van der Waals surface area (Å²) in [6.07, 6.45) is 0. The second-order valence-corrected chi connectivity index (χ2v) is 4.06. The van der Waals surface area contributed by atoms with Crippen LogP contribution in [-0.2, 0) is 4.74 Å². The number of aliphatic imine (C=N–C) groups is 1. The molecule has 4 N–H and O–H groups in total. The van der Waals surface area contributed by atoms with E-state index in [4.69, 9.17) is 10.6 Å². The maximum absolute atomic E-state index is 5.40. The molecule has 0 saturated heterocycles. The van der Waals surface area contributed by atoms with E-state index in [-0.39, 0.29) is 0 Å². The van der Waals surface area contributed by atoms with E-state index in [1.807, 2.05) is 18.2 Å². The molecule has 0 aliphatic carbocycles. The monoisotopic (exact) mass is 250 g/mol. The number of nitrogens with one attached hydrogen (secondary N) is 2. The average Bonchev–Trinajstić information content (AvgIpc) is 2.43. The third-order valence-corrected chi connectivity index (χ3v) is 2.63. The molecule has 0 aliphatic rings. The molecule has 1 aromatic rings. The molecule has 0 fully saturated rings. The fourth-order valence-corrected chi connectivity index (χ4v) is 1.54. The maximum Gasteiger partial charge on any atom is 0.205 e. The van der Waals surface area contributed by atoms with Crippen molar-refractivity contribution in [1.29, 1.82) is 0 Å². The van der Waals surface area contributed by atoms with E-state index in [9.17, 15) is 0 Å². The highest BCUT2D eigenvalue weighted by Gasteiger charge is 2.04. The van der Waals surface area contributed by atoms with Gasteiger partial charge < -0.3 is 10.1 Å². The van der Waals surface area contributed by atoms with Gasteiger partial charge in [0.1, 0.15) is 0 Å². The molecule has 0 spiro atoms. The lowest BCUT2D eigenvalue weighted by Gasteiger charge is -2.12. The lowest BCUT2D eigenvalue weighted by Crippen LogP contribution is -2.43. The Bertz CT molecular complexity index is 353. The van der Waals surface area contributed by atoms with Gasteiger partial charge in [-0.1, -0.05) is 37.3 Å². The molecule has 1 unspecified atom stereocenters. The van der Waals surface area contributed by atoms with Gasteiger partial charge >= 0.3 is 0 Å². The van der Waals surface area contributed by atoms with E-state index in [1.165, 1.54) is 5.56 Å². The Hall–Kier alpha value is -1.59. The Morgan fingerprint density at radius 1 is 1.39 bits per heavy atom. The first-order valence-corrected chi connectivity index (χ1v) is 6.06. The second-order valence-electron chi connectivity index (χ2n) is 4.06. The topological polar surface area (TPSA) is 71.7 Å². The van der Waals surface area contributed by atoms with Gasteiger partial charge in [0.2, 0.25) is 5.96 Å². The average molecular weight is 250 g/mol. The molecule has 18 heavy (non-hydrogen) atoms. The van der Waals surface area contributed by atoms with E-state index in [2.05, 4.69) is 34.8 Å². The Balaban J connectivity index is 2.45. The van der Waals surface area contributed by atoms with Gasteiger partial charge in [-0.25, -0.2) is 5.84 Å². The smallest absolute Gasteiger partial charge is 0.205 e. The first-order valence-electron chi connectivity index (χ1n) is 6.06. The second kappa shape index (κ2) is 8.49. The Morgan fingerprint density at radius 2 is 2.11 bits per heavy atom. The molecule has 0 heterocycles. The van der Waals surface area contributed by atoms with Crippen molar-refractivity contribution >= 4 is 5.96 Å². The number of guanidine groups is 1. The summed E-state index contributed by atoms with van der Waals surface area (Å²) in [4.78, 5) is 4.40. The lowest BCUT2D eigenvalue weighted by atomic mass is 10.0. The molecule has 1 atom stereocenters. The number of hydrazine groups is 1. The minimum atomic E-state index is 0.360. The lowest BCUT2D eigenvalue weighted by molar-refractivity contribution is 0.203. The number of benzene rings is 1. The molecule has 0 bridgehead atoms. The van der Waals surface area contributed by atoms with Crippen LogP contribution in [0.25, 0.3) is 0 Å². The third-order valence-electron chi connectivity index (χ3n) is 2.63. The maximum atomic E-state index is 5.40. The number of nitrogens with zero attached hydrogens (tertiary/aromatic N) is 1. The number of hydrogen-bond donors (Lipinski definition) is 3. The molecule has 0 aromatic heterocycles. The van der Waals surface area contributed by atoms with E-state index < -0.39 is 0 Å². The standard InChI is InChI=1S/C13H22N4O/c1-11(12-6-4-3-5-7-12)10-16-13(17-14)15-8-9-18-2/h3-7,11H,8-10,14H2,1-2H3,(H2,15,16,17). The summed E-state index contributed by atoms with van der Waals surface area (Å²) < 4.78 is 4.95. The van der Waals surface area contributed by atoms with Crippen molar-refractivity contribution in [3.63, 3.8) is 0 Å². The Morgan fingerprint density at radius 3 is 2.72 bits per heavy atom. The zero-order chi connectivity index (χ0) is 13.2. The van der Waals surface area contributed by atoms with Gasteiger partial charge in [-0.05, 0) is 5.56 Å². The van der Waals surface area contributed by atoms with E-state index in [1.54, 1.807) is 7.11 Å². The van der Waals surface area contributed by atoms with Gasteiger partial charge in [-0.15, -0.1) is 0 Å². The van der Waals surface area contributed by atoms with Crippen LogP contribution in [0.2, 0.25) is 0 Å². The van der Waals surface area contributed by atoms with Crippen LogP contribution in [0.1, 0.15) is 18.4 Å². The largest absolute Gasteiger partial charge is 0.383 e. The van der Waals surface area contributed by atoms with Gasteiger partial charge in [0.25, 0.3) is 0 Å². The van der Waals surface area contributed by atoms with Crippen LogP contribution in [0.15, 0.2) is 35.3 Å². The minimum absolute atomic E-state index is 0.360. The zero-order valence-electron chi connectivity index (χ0n) is 11.0. The highest BCUT2D eigenvalue weighted by Crippen LogP contribution is 2.14. The van der Waals surface area contributed by atoms with Gasteiger partial charge in [0, 0.05) is 26.1 Å². The molecular weight excluding hydrogens is 228 g/mol. The quantitative estimate of drug-likeness (QED) is 0.230. The van der Waals surface area contributed by atoms with E-state index in [0.717, 1.165) is 0 Å². The van der Waals surface area contributed by atoms with Crippen molar-refractivity contribution in [2.45, 2.75) is 12.8 Å². The molecule has 100 valence electrons. The van der Waals surface area contributed by atoms with Crippen molar-refractivity contribution in [2.24, 2.45) is 10.8 Å². The number of hydrogen-bond acceptors (Lipinski definition) is 3. The normalized spacial score (nSPS) is 13.2. The molecule has 0 amide bonds. The first kappa shape index (κ1) is 14.5. The minimum Gasteiger partial charge on any atom is -0.383 e. The summed E-state index contributed by atoms with van der Waals surface area (Å²) in [5, 5.41) is 3.07. The van der Waals surface area contributed by atoms with Crippen molar-refractivity contribution < 1.29 is 4.74 Å². The van der Waals surface area contributed by atoms with Gasteiger partial charge in [-0.2, -0.15) is 0 Å². The molecule has 0 aliphatic heterocycles. The molecule has 0 radical (unpaired) electrons. The summed E-state index contributed by atoms with van der Waals surface area (Å²) >= 11 is 0. The van der Waals surface area contributed by atoms with Crippen LogP contribution in [0.4, 0.5) is 0 Å². The van der Waals surface area contributed by atoms with Crippen molar-refractivity contribution in [1.82, 2.24) is 10.7 Å². The van der Waals surface area contributed by atoms with E-state index in [0.29, 0.717) is 31.6 Å². The third kappa shape index (κ3) is 5.16. The van der Waals surface area contributed by atoms with Crippen LogP contribution in [0, 0.1) is 0 Å². The summed E-state index contributed by atoms with van der Waals surface area (Å²) in [6, 6.07) is 10.3. The molecule has 1 rings (SSSR count). The zero-order valence-corrected chi connectivity index (χ0v) is 11.0. The number of rotatable bonds is 6. The first-order chi connectivity index (χ1) is 8.77. The fourth-order valence-electron chi connectivity index (χ4n) is 1.54. The van der Waals surface area contributed by atoms with E-state index >= 15 is 0 Å². The van der Waals surface area contributed by atoms with Gasteiger partial charge in [-0.3, -0.25) is 10.4 Å². The molecule has 5 nitrogen and oxygen atoms in total. The molecule has 5 heteroatoms. The summed E-state index contributed by atoms with van der Waals surface area (Å²) in [7, 11) is 1.66. The van der Waals surface area contributed by atoms with Crippen molar-refractivity contribution in [2.75, 3.05) is 26.8 Å². The van der Waals surface area contributed by atoms with Crippen LogP contribution >= 0.6 is 0 Å². The fraction of sp³-hybridized carbons (Fsp3) is 0.462. The van der Waals surface area contributed by atoms with Gasteiger partial charge in [0.05, 0.1) is 6.61 Å². The molecule has 1 aromatic carbocycles. The van der Waals surface area contributed by atoms with Crippen molar-refractivity contribution in [3.8, 4) is 0 Å². The number of nitrogens with two attached hydrogens (primary N) is 1. The number of methoxy groups -OCH3 is 1. The van der Waals surface area contributed by atoms with Crippen LogP contribution in [0.5, 0.6) is 0 Å². The Labute approximate surface area is 108 Å². The summed E-state index contributed by atoms with van der Waals surface area (Å²) in [5.41, 5.74) is 3.82. The highest BCUT2D eigenvalue weighted by atomic mass is 16.5. The van der Waals surface area contributed by atoms with Gasteiger partial charge in [0.15, 0.2) is 0 Å². The Kier molecular flexibility index (Phi) is 6.83. The number of ether oxygens (including phenoxy) is 1. The summed E-state index contributed by atoms with van der Waals surface area (Å²) in [5.74, 6) is 6.35. The van der Waals surface area contributed by atoms with Crippen LogP contribution in [0.3, 0.4) is 0 Å².